The van der Waals surface area contributed by atoms with E-state index in [1.165, 1.54) is 19.1 Å². The number of halogens is 2. The van der Waals surface area contributed by atoms with Crippen LogP contribution in [0.15, 0.2) is 18.2 Å². The van der Waals surface area contributed by atoms with Gasteiger partial charge in [0.05, 0.1) is 5.69 Å². The SMILES string of the molecule is CC(=O)NC(C(=O)OCC(=O)Nc1cc(Cl)ccc1F)C1CCCC1. The van der Waals surface area contributed by atoms with Crippen LogP contribution in [0.1, 0.15) is 32.6 Å². The average Bonchev–Trinajstić information content (AvgIpc) is 3.08. The molecule has 0 saturated heterocycles. The number of esters is 1. The van der Waals surface area contributed by atoms with Crippen molar-refractivity contribution in [1.82, 2.24) is 5.32 Å². The zero-order chi connectivity index (χ0) is 18.4. The first-order valence-electron chi connectivity index (χ1n) is 8.05. The maximum absolute atomic E-state index is 13.6. The summed E-state index contributed by atoms with van der Waals surface area (Å²) in [5.74, 6) is -2.33. The topological polar surface area (TPSA) is 84.5 Å². The third-order valence-electron chi connectivity index (χ3n) is 4.03. The van der Waals surface area contributed by atoms with Crippen LogP contribution in [-0.2, 0) is 19.1 Å². The van der Waals surface area contributed by atoms with Crippen LogP contribution in [0, 0.1) is 11.7 Å². The van der Waals surface area contributed by atoms with E-state index < -0.39 is 30.3 Å². The van der Waals surface area contributed by atoms with Crippen molar-refractivity contribution in [3.05, 3.63) is 29.0 Å². The van der Waals surface area contributed by atoms with Gasteiger partial charge in [-0.3, -0.25) is 9.59 Å². The molecule has 0 spiro atoms. The van der Waals surface area contributed by atoms with Gasteiger partial charge in [-0.2, -0.15) is 0 Å². The number of anilines is 1. The predicted molar refractivity (Wildman–Crippen MR) is 90.6 cm³/mol. The third kappa shape index (κ3) is 5.70. The van der Waals surface area contributed by atoms with Crippen LogP contribution in [0.4, 0.5) is 10.1 Å². The summed E-state index contributed by atoms with van der Waals surface area (Å²) in [7, 11) is 0. The molecule has 0 aromatic heterocycles. The molecule has 1 aromatic carbocycles. The Morgan fingerprint density at radius 2 is 2.00 bits per heavy atom. The minimum Gasteiger partial charge on any atom is -0.454 e. The second-order valence-electron chi connectivity index (χ2n) is 6.00. The second-order valence-corrected chi connectivity index (χ2v) is 6.44. The van der Waals surface area contributed by atoms with Crippen LogP contribution in [0.2, 0.25) is 5.02 Å². The Morgan fingerprint density at radius 1 is 1.32 bits per heavy atom. The van der Waals surface area contributed by atoms with E-state index >= 15 is 0 Å². The summed E-state index contributed by atoms with van der Waals surface area (Å²) < 4.78 is 18.6. The molecule has 6 nitrogen and oxygen atoms in total. The molecule has 25 heavy (non-hydrogen) atoms. The first-order valence-corrected chi connectivity index (χ1v) is 8.43. The van der Waals surface area contributed by atoms with E-state index in [4.69, 9.17) is 16.3 Å². The van der Waals surface area contributed by atoms with Gasteiger partial charge in [0.25, 0.3) is 5.91 Å². The van der Waals surface area contributed by atoms with Gasteiger partial charge in [-0.15, -0.1) is 0 Å². The quantitative estimate of drug-likeness (QED) is 0.754. The number of rotatable bonds is 6. The molecule has 2 rings (SSSR count). The fraction of sp³-hybridized carbons (Fsp3) is 0.471. The van der Waals surface area contributed by atoms with Gasteiger partial charge in [-0.1, -0.05) is 24.4 Å². The van der Waals surface area contributed by atoms with E-state index in [2.05, 4.69) is 10.6 Å². The Morgan fingerprint density at radius 3 is 2.64 bits per heavy atom. The van der Waals surface area contributed by atoms with Gasteiger partial charge < -0.3 is 15.4 Å². The molecular weight excluding hydrogens is 351 g/mol. The lowest BCUT2D eigenvalue weighted by atomic mass is 9.98. The number of ether oxygens (including phenoxy) is 1. The minimum absolute atomic E-state index is 0.00448. The van der Waals surface area contributed by atoms with E-state index in [-0.39, 0.29) is 22.5 Å². The molecule has 1 saturated carbocycles. The van der Waals surface area contributed by atoms with Crippen molar-refractivity contribution in [2.45, 2.75) is 38.6 Å². The maximum atomic E-state index is 13.6. The fourth-order valence-electron chi connectivity index (χ4n) is 2.88. The molecule has 1 aliphatic rings. The lowest BCUT2D eigenvalue weighted by molar-refractivity contribution is -0.152. The van der Waals surface area contributed by atoms with Crippen LogP contribution in [0.3, 0.4) is 0 Å². The molecule has 136 valence electrons. The highest BCUT2D eigenvalue weighted by molar-refractivity contribution is 6.30. The summed E-state index contributed by atoms with van der Waals surface area (Å²) >= 11 is 5.75. The van der Waals surface area contributed by atoms with Crippen LogP contribution < -0.4 is 10.6 Å². The number of amides is 2. The van der Waals surface area contributed by atoms with E-state index in [0.717, 1.165) is 31.7 Å². The molecule has 0 bridgehead atoms. The summed E-state index contributed by atoms with van der Waals surface area (Å²) in [5.41, 5.74) is -0.0947. The molecule has 0 heterocycles. The summed E-state index contributed by atoms with van der Waals surface area (Å²) in [4.78, 5) is 35.4. The molecule has 2 amide bonds. The highest BCUT2D eigenvalue weighted by Gasteiger charge is 2.32. The Hall–Kier alpha value is -2.15. The molecule has 2 N–H and O–H groups in total. The smallest absolute Gasteiger partial charge is 0.329 e. The van der Waals surface area contributed by atoms with Gasteiger partial charge in [0.2, 0.25) is 5.91 Å². The van der Waals surface area contributed by atoms with Crippen molar-refractivity contribution in [1.29, 1.82) is 0 Å². The van der Waals surface area contributed by atoms with Gasteiger partial charge >= 0.3 is 5.97 Å². The Bertz CT molecular complexity index is 662. The van der Waals surface area contributed by atoms with Crippen molar-refractivity contribution < 1.29 is 23.5 Å². The van der Waals surface area contributed by atoms with E-state index in [9.17, 15) is 18.8 Å². The largest absolute Gasteiger partial charge is 0.454 e. The first kappa shape index (κ1) is 19.2. The molecule has 1 fully saturated rings. The first-order chi connectivity index (χ1) is 11.9. The number of hydrogen-bond acceptors (Lipinski definition) is 4. The molecule has 1 unspecified atom stereocenters. The molecule has 0 radical (unpaired) electrons. The normalized spacial score (nSPS) is 15.5. The van der Waals surface area contributed by atoms with E-state index in [1.54, 1.807) is 0 Å². The number of carbonyl (C=O) groups excluding carboxylic acids is 3. The molecule has 1 atom stereocenters. The Balaban J connectivity index is 1.91. The molecule has 1 aromatic rings. The highest BCUT2D eigenvalue weighted by Crippen LogP contribution is 2.28. The Kier molecular flexibility index (Phi) is 6.75. The van der Waals surface area contributed by atoms with Gasteiger partial charge in [0.1, 0.15) is 11.9 Å². The molecular formula is C17H20ClFN2O4. The third-order valence-corrected chi connectivity index (χ3v) is 4.27. The molecule has 0 aliphatic heterocycles. The lowest BCUT2D eigenvalue weighted by Crippen LogP contribution is -2.46. The number of carbonyl (C=O) groups is 3. The zero-order valence-corrected chi connectivity index (χ0v) is 14.6. The molecule has 1 aliphatic carbocycles. The highest BCUT2D eigenvalue weighted by atomic mass is 35.5. The fourth-order valence-corrected chi connectivity index (χ4v) is 3.06. The summed E-state index contributed by atoms with van der Waals surface area (Å²) in [6.45, 7) is 0.747. The number of benzene rings is 1. The number of nitrogens with one attached hydrogen (secondary N) is 2. The van der Waals surface area contributed by atoms with Crippen LogP contribution in [0.5, 0.6) is 0 Å². The van der Waals surface area contributed by atoms with Crippen molar-refractivity contribution in [3.63, 3.8) is 0 Å². The zero-order valence-electron chi connectivity index (χ0n) is 13.8. The van der Waals surface area contributed by atoms with Crippen molar-refractivity contribution >= 4 is 35.1 Å². The number of hydrogen-bond donors (Lipinski definition) is 2. The van der Waals surface area contributed by atoms with Crippen molar-refractivity contribution in [2.75, 3.05) is 11.9 Å². The standard InChI is InChI=1S/C17H20ClFN2O4/c1-10(22)20-16(11-4-2-3-5-11)17(24)25-9-15(23)21-14-8-12(18)6-7-13(14)19/h6-8,11,16H,2-5,9H2,1H3,(H,20,22)(H,21,23). The summed E-state index contributed by atoms with van der Waals surface area (Å²) in [6.07, 6.45) is 3.62. The van der Waals surface area contributed by atoms with E-state index in [1.807, 2.05) is 0 Å². The van der Waals surface area contributed by atoms with Gasteiger partial charge in [0.15, 0.2) is 6.61 Å². The van der Waals surface area contributed by atoms with Gasteiger partial charge in [-0.25, -0.2) is 9.18 Å². The van der Waals surface area contributed by atoms with Crippen LogP contribution in [0.25, 0.3) is 0 Å². The maximum Gasteiger partial charge on any atom is 0.329 e. The van der Waals surface area contributed by atoms with Gasteiger partial charge in [0, 0.05) is 11.9 Å². The lowest BCUT2D eigenvalue weighted by Gasteiger charge is -2.22. The molecule has 8 heteroatoms. The van der Waals surface area contributed by atoms with Crippen LogP contribution >= 0.6 is 11.6 Å². The van der Waals surface area contributed by atoms with Crippen molar-refractivity contribution in [3.8, 4) is 0 Å². The second kappa shape index (κ2) is 8.80. The Labute approximate surface area is 150 Å². The van der Waals surface area contributed by atoms with Crippen LogP contribution in [-0.4, -0.2) is 30.4 Å². The van der Waals surface area contributed by atoms with Crippen molar-refractivity contribution in [2.24, 2.45) is 5.92 Å². The average molecular weight is 371 g/mol. The summed E-state index contributed by atoms with van der Waals surface area (Å²) in [5, 5.41) is 5.15. The van der Waals surface area contributed by atoms with E-state index in [0.29, 0.717) is 0 Å². The minimum atomic E-state index is -0.768. The monoisotopic (exact) mass is 370 g/mol. The van der Waals surface area contributed by atoms with Gasteiger partial charge in [-0.05, 0) is 37.0 Å². The predicted octanol–water partition coefficient (Wildman–Crippen LogP) is 2.66. The summed E-state index contributed by atoms with van der Waals surface area (Å²) in [6, 6.07) is 2.97.